The molecule has 0 heterocycles. The first kappa shape index (κ1) is 59.6. The van der Waals surface area contributed by atoms with Gasteiger partial charge in [-0.3, -0.25) is 9.59 Å². The minimum atomic E-state index is -0.175. The van der Waals surface area contributed by atoms with E-state index in [-0.39, 0.29) is 59.1 Å². The summed E-state index contributed by atoms with van der Waals surface area (Å²) in [6, 6.07) is 0. The van der Waals surface area contributed by atoms with Gasteiger partial charge in [0.1, 0.15) is 13.6 Å². The second kappa shape index (κ2) is 25.0. The molecule has 6 unspecified atom stereocenters. The van der Waals surface area contributed by atoms with Crippen molar-refractivity contribution < 1.29 is 77.8 Å². The maximum Gasteiger partial charge on any atom is 1.00 e. The van der Waals surface area contributed by atoms with Gasteiger partial charge in [-0.25, -0.2) is 0 Å². The van der Waals surface area contributed by atoms with E-state index in [1.165, 1.54) is 84.8 Å². The maximum atomic E-state index is 11.8. The molecule has 8 fully saturated rings. The minimum Gasteiger partial charge on any atom is -0.857 e. The molecule has 8 aliphatic rings. The summed E-state index contributed by atoms with van der Waals surface area (Å²) in [7, 11) is 7.23. The van der Waals surface area contributed by atoms with E-state index in [1.54, 1.807) is 14.2 Å². The van der Waals surface area contributed by atoms with Crippen LogP contribution >= 0.6 is 0 Å². The molecule has 8 saturated carbocycles. The standard InChI is InChI=1S/C29H50O4.C28H48O5.CH3O.Na/c1-18(8-11-26(30)32-7)22-9-10-23-27-24(12-13-28(22,23)4)29(5)16-20(3)19(2)14-21(29)15-25(27)33-17-31-6;1-17(7-10-25(30)32-6)20-8-9-21-26-22(11-12-27(20,21)3)28(4)15-23(29)18(2)13-19(28)14-24(26)33-16-31-5;1-2;/h18-25,27H,8-17H2,1-7H3;17-24,26,29H,7-16H2,1-6H3;1H3;/q;;-1;+1/t18-,19-,20-,21+,22-,23?,24?,25+,27?,28-,29+;17-,18-,19+,20-,21?,22?,23-,24+,26?,27-,28+;;/m11../s1. The van der Waals surface area contributed by atoms with Crippen LogP contribution in [0, 0.1) is 110 Å². The summed E-state index contributed by atoms with van der Waals surface area (Å²) >= 11 is 0. The van der Waals surface area contributed by atoms with E-state index < -0.39 is 0 Å². The molecule has 22 atom stereocenters. The van der Waals surface area contributed by atoms with Crippen LogP contribution in [0.25, 0.3) is 0 Å². The van der Waals surface area contributed by atoms with Crippen LogP contribution < -0.4 is 34.7 Å². The van der Waals surface area contributed by atoms with E-state index in [4.69, 9.17) is 33.5 Å². The second-order valence-electron chi connectivity index (χ2n) is 25.7. The molecule has 0 amide bonds. The normalized spacial score (nSPS) is 45.9. The number of rotatable bonds is 14. The van der Waals surface area contributed by atoms with Gasteiger partial charge < -0.3 is 38.6 Å². The molecule has 11 heteroatoms. The molecule has 0 aromatic carbocycles. The Labute approximate surface area is 443 Å². The predicted molar refractivity (Wildman–Crippen MR) is 266 cm³/mol. The van der Waals surface area contributed by atoms with E-state index in [1.807, 2.05) is 0 Å². The van der Waals surface area contributed by atoms with Gasteiger partial charge >= 0.3 is 41.5 Å². The average molecular weight is 981 g/mol. The Morgan fingerprint density at radius 2 is 0.957 bits per heavy atom. The van der Waals surface area contributed by atoms with Crippen molar-refractivity contribution >= 4 is 11.9 Å². The van der Waals surface area contributed by atoms with Gasteiger partial charge in [0.05, 0.1) is 32.5 Å². The summed E-state index contributed by atoms with van der Waals surface area (Å²) in [4.78, 5) is 23.6. The molecule has 394 valence electrons. The summed E-state index contributed by atoms with van der Waals surface area (Å²) in [5.74, 6) is 9.69. The Morgan fingerprint density at radius 1 is 0.565 bits per heavy atom. The molecule has 0 aliphatic heterocycles. The maximum absolute atomic E-state index is 11.8. The average Bonchev–Trinajstić information content (AvgIpc) is 3.87. The summed E-state index contributed by atoms with van der Waals surface area (Å²) in [5.41, 5.74) is 1.33. The van der Waals surface area contributed by atoms with Gasteiger partial charge in [0.25, 0.3) is 0 Å². The Bertz CT molecular complexity index is 1520. The molecule has 69 heavy (non-hydrogen) atoms. The van der Waals surface area contributed by atoms with Gasteiger partial charge in [0, 0.05) is 27.1 Å². The zero-order valence-corrected chi connectivity index (χ0v) is 48.7. The third-order valence-electron chi connectivity index (χ3n) is 22.9. The van der Waals surface area contributed by atoms with Crippen molar-refractivity contribution in [2.45, 2.75) is 196 Å². The number of esters is 2. The number of methoxy groups -OCH3 is 4. The van der Waals surface area contributed by atoms with Gasteiger partial charge in [-0.2, -0.15) is 7.11 Å². The number of aliphatic hydroxyl groups excluding tert-OH is 1. The van der Waals surface area contributed by atoms with Gasteiger partial charge in [-0.1, -0.05) is 62.3 Å². The Morgan fingerprint density at radius 3 is 1.36 bits per heavy atom. The predicted octanol–water partition coefficient (Wildman–Crippen LogP) is 8.14. The van der Waals surface area contributed by atoms with Crippen LogP contribution in [-0.4, -0.2) is 84.5 Å². The van der Waals surface area contributed by atoms with E-state index in [0.29, 0.717) is 108 Å². The summed E-state index contributed by atoms with van der Waals surface area (Å²) in [6.45, 7) is 23.0. The minimum absolute atomic E-state index is 0. The van der Waals surface area contributed by atoms with Crippen LogP contribution in [0.4, 0.5) is 0 Å². The number of carbonyl (C=O) groups is 2. The van der Waals surface area contributed by atoms with Crippen LogP contribution in [0.15, 0.2) is 0 Å². The van der Waals surface area contributed by atoms with Crippen molar-refractivity contribution in [2.75, 3.05) is 49.1 Å². The van der Waals surface area contributed by atoms with Crippen molar-refractivity contribution in [3.63, 3.8) is 0 Å². The fourth-order valence-corrected chi connectivity index (χ4v) is 19.1. The molecule has 0 saturated heterocycles. The number of carbonyl (C=O) groups excluding carboxylic acids is 2. The number of fused-ring (bicyclic) bond motifs is 10. The van der Waals surface area contributed by atoms with Crippen LogP contribution in [0.5, 0.6) is 0 Å². The largest absolute Gasteiger partial charge is 1.00 e. The molecule has 1 N–H and O–H groups in total. The van der Waals surface area contributed by atoms with Gasteiger partial charge in [-0.15, -0.1) is 0 Å². The SMILES string of the molecule is COCO[C@H]1C[C@@H]2C[C@@H](C)[C@H](C)C[C@]2(C)C2CC[C@@]3(C)C(CC[C@@H]3[C@H](C)CCC(=O)OC)C21.COCO[C@H]1C[C@@H]2C[C@@H](C)[C@H](O)C[C@]2(C)C2CC[C@@]3(C)C(CC[C@@H]3[C@H](C)CCC(=O)OC)C21.C[O-].[Na+]. The Balaban J connectivity index is 0.000000245. The monoisotopic (exact) mass is 981 g/mol. The number of aliphatic hydroxyl groups is 1. The first-order valence-corrected chi connectivity index (χ1v) is 27.7. The van der Waals surface area contributed by atoms with Crippen molar-refractivity contribution in [1.82, 2.24) is 0 Å². The Hall–Kier alpha value is -0.300. The molecular weight excluding hydrogens is 880 g/mol. The molecule has 0 spiro atoms. The van der Waals surface area contributed by atoms with E-state index in [9.17, 15) is 14.7 Å². The topological polar surface area (TPSA) is 133 Å². The first-order valence-electron chi connectivity index (χ1n) is 27.7. The molecule has 0 radical (unpaired) electrons. The van der Waals surface area contributed by atoms with Crippen LogP contribution in [0.1, 0.15) is 178 Å². The zero-order valence-electron chi connectivity index (χ0n) is 46.7. The molecule has 0 bridgehead atoms. The van der Waals surface area contributed by atoms with Crippen LogP contribution in [0.3, 0.4) is 0 Å². The zero-order chi connectivity index (χ0) is 49.9. The molecule has 8 aliphatic carbocycles. The van der Waals surface area contributed by atoms with Gasteiger partial charge in [-0.05, 0) is 213 Å². The van der Waals surface area contributed by atoms with Crippen LogP contribution in [-0.2, 0) is 38.0 Å². The number of ether oxygens (including phenoxy) is 6. The summed E-state index contributed by atoms with van der Waals surface area (Å²) < 4.78 is 33.6. The molecule has 0 aromatic rings. The second-order valence-corrected chi connectivity index (χ2v) is 25.7. The van der Waals surface area contributed by atoms with E-state index >= 15 is 0 Å². The quantitative estimate of drug-likeness (QED) is 0.103. The summed E-state index contributed by atoms with van der Waals surface area (Å²) in [6.07, 6.45) is 20.8. The third kappa shape index (κ3) is 11.8. The number of hydrogen-bond donors (Lipinski definition) is 1. The Kier molecular flexibility index (Phi) is 21.6. The van der Waals surface area contributed by atoms with Gasteiger partial charge in [0.2, 0.25) is 0 Å². The van der Waals surface area contributed by atoms with Crippen molar-refractivity contribution in [3.8, 4) is 0 Å². The fourth-order valence-electron chi connectivity index (χ4n) is 19.1. The van der Waals surface area contributed by atoms with E-state index in [2.05, 4.69) is 62.3 Å². The third-order valence-corrected chi connectivity index (χ3v) is 22.9. The van der Waals surface area contributed by atoms with Crippen LogP contribution in [0.2, 0.25) is 0 Å². The first-order chi connectivity index (χ1) is 32.3. The fraction of sp³-hybridized carbons (Fsp3) is 0.966. The number of hydrogen-bond acceptors (Lipinski definition) is 10. The van der Waals surface area contributed by atoms with Crippen molar-refractivity contribution in [3.05, 3.63) is 0 Å². The van der Waals surface area contributed by atoms with E-state index in [0.717, 1.165) is 68.8 Å². The molecule has 0 aromatic heterocycles. The van der Waals surface area contributed by atoms with Crippen molar-refractivity contribution in [2.24, 2.45) is 110 Å². The molecular formula is C58H101NaO10. The molecule has 8 rings (SSSR count). The smallest absolute Gasteiger partial charge is 0.857 e. The van der Waals surface area contributed by atoms with Gasteiger partial charge in [0.15, 0.2) is 0 Å². The van der Waals surface area contributed by atoms with Crippen molar-refractivity contribution in [1.29, 1.82) is 0 Å². The summed E-state index contributed by atoms with van der Waals surface area (Å²) in [5, 5.41) is 19.1. The molecule has 10 nitrogen and oxygen atoms in total.